The maximum atomic E-state index is 4.40. The fourth-order valence-electron chi connectivity index (χ4n) is 1.76. The highest BCUT2D eigenvalue weighted by molar-refractivity contribution is 7.09. The molecule has 2 heteroatoms. The first-order chi connectivity index (χ1) is 7.31. The zero-order valence-electron chi connectivity index (χ0n) is 9.10. The van der Waals surface area contributed by atoms with Crippen LogP contribution in [0.4, 0.5) is 0 Å². The Balaban J connectivity index is 2.31. The zero-order chi connectivity index (χ0) is 10.7. The lowest BCUT2D eigenvalue weighted by atomic mass is 9.96. The van der Waals surface area contributed by atoms with Gasteiger partial charge in [0.25, 0.3) is 0 Å². The van der Waals surface area contributed by atoms with Crippen molar-refractivity contribution in [3.8, 4) is 0 Å². The quantitative estimate of drug-likeness (QED) is 0.757. The maximum absolute atomic E-state index is 4.40. The average molecular weight is 217 g/mol. The SMILES string of the molecule is CCC(c1ccc(C)cc1)c1nccs1. The van der Waals surface area contributed by atoms with E-state index in [0.717, 1.165) is 6.42 Å². The number of aryl methyl sites for hydroxylation is 1. The van der Waals surface area contributed by atoms with E-state index in [0.29, 0.717) is 5.92 Å². The third kappa shape index (κ3) is 2.26. The van der Waals surface area contributed by atoms with Gasteiger partial charge in [0.05, 0.1) is 5.01 Å². The molecule has 1 aromatic carbocycles. The summed E-state index contributed by atoms with van der Waals surface area (Å²) in [6, 6.07) is 8.77. The molecule has 0 N–H and O–H groups in total. The van der Waals surface area contributed by atoms with E-state index in [1.165, 1.54) is 16.1 Å². The molecule has 0 bridgehead atoms. The minimum Gasteiger partial charge on any atom is -0.249 e. The summed E-state index contributed by atoms with van der Waals surface area (Å²) < 4.78 is 0. The van der Waals surface area contributed by atoms with Crippen LogP contribution in [-0.2, 0) is 0 Å². The van der Waals surface area contributed by atoms with E-state index in [4.69, 9.17) is 0 Å². The van der Waals surface area contributed by atoms with Crippen molar-refractivity contribution in [1.82, 2.24) is 4.98 Å². The Morgan fingerprint density at radius 3 is 2.53 bits per heavy atom. The van der Waals surface area contributed by atoms with Crippen LogP contribution >= 0.6 is 11.3 Å². The van der Waals surface area contributed by atoms with Gasteiger partial charge in [-0.25, -0.2) is 4.98 Å². The second-order valence-corrected chi connectivity index (χ2v) is 4.67. The smallest absolute Gasteiger partial charge is 0.0999 e. The molecule has 0 saturated carbocycles. The van der Waals surface area contributed by atoms with E-state index in [1.54, 1.807) is 11.3 Å². The molecule has 1 unspecified atom stereocenters. The van der Waals surface area contributed by atoms with E-state index in [9.17, 15) is 0 Å². The van der Waals surface area contributed by atoms with Gasteiger partial charge < -0.3 is 0 Å². The number of aromatic nitrogens is 1. The van der Waals surface area contributed by atoms with Crippen LogP contribution in [0.3, 0.4) is 0 Å². The van der Waals surface area contributed by atoms with Gasteiger partial charge in [-0.1, -0.05) is 36.8 Å². The monoisotopic (exact) mass is 217 g/mol. The molecule has 15 heavy (non-hydrogen) atoms. The van der Waals surface area contributed by atoms with E-state index < -0.39 is 0 Å². The Morgan fingerprint density at radius 1 is 1.27 bits per heavy atom. The first kappa shape index (κ1) is 10.4. The Bertz CT molecular complexity index is 403. The second-order valence-electron chi connectivity index (χ2n) is 3.74. The molecule has 2 rings (SSSR count). The van der Waals surface area contributed by atoms with Crippen LogP contribution < -0.4 is 0 Å². The lowest BCUT2D eigenvalue weighted by molar-refractivity contribution is 0.769. The molecule has 1 aromatic heterocycles. The molecule has 0 saturated heterocycles. The number of hydrogen-bond donors (Lipinski definition) is 0. The molecule has 0 spiro atoms. The standard InChI is InChI=1S/C13H15NS/c1-3-12(13-14-8-9-15-13)11-6-4-10(2)5-7-11/h4-9,12H,3H2,1-2H3. The predicted octanol–water partition coefficient (Wildman–Crippen LogP) is 3.99. The molecular formula is C13H15NS. The van der Waals surface area contributed by atoms with Gasteiger partial charge in [-0.15, -0.1) is 11.3 Å². The third-order valence-electron chi connectivity index (χ3n) is 2.64. The van der Waals surface area contributed by atoms with Crippen molar-refractivity contribution < 1.29 is 0 Å². The summed E-state index contributed by atoms with van der Waals surface area (Å²) in [5.74, 6) is 0.464. The third-order valence-corrected chi connectivity index (χ3v) is 3.53. The van der Waals surface area contributed by atoms with E-state index in [2.05, 4.69) is 43.1 Å². The van der Waals surface area contributed by atoms with Crippen LogP contribution in [0.15, 0.2) is 35.8 Å². The topological polar surface area (TPSA) is 12.9 Å². The van der Waals surface area contributed by atoms with Gasteiger partial charge in [0.15, 0.2) is 0 Å². The Labute approximate surface area is 94.8 Å². The predicted molar refractivity (Wildman–Crippen MR) is 65.4 cm³/mol. The van der Waals surface area contributed by atoms with Crippen LogP contribution in [0.2, 0.25) is 0 Å². The molecule has 2 aromatic rings. The fraction of sp³-hybridized carbons (Fsp3) is 0.308. The van der Waals surface area contributed by atoms with Gasteiger partial charge in [0, 0.05) is 17.5 Å². The van der Waals surface area contributed by atoms with Gasteiger partial charge in [0.1, 0.15) is 0 Å². The van der Waals surface area contributed by atoms with Crippen molar-refractivity contribution >= 4 is 11.3 Å². The highest BCUT2D eigenvalue weighted by Crippen LogP contribution is 2.29. The molecule has 1 heterocycles. The summed E-state index contributed by atoms with van der Waals surface area (Å²) in [6.45, 7) is 4.33. The molecule has 1 atom stereocenters. The molecule has 0 amide bonds. The highest BCUT2D eigenvalue weighted by Gasteiger charge is 2.13. The number of rotatable bonds is 3. The van der Waals surface area contributed by atoms with Crippen LogP contribution in [0, 0.1) is 6.92 Å². The van der Waals surface area contributed by atoms with Gasteiger partial charge in [0.2, 0.25) is 0 Å². The summed E-state index contributed by atoms with van der Waals surface area (Å²) in [6.07, 6.45) is 2.99. The van der Waals surface area contributed by atoms with Crippen molar-refractivity contribution in [2.24, 2.45) is 0 Å². The molecular weight excluding hydrogens is 202 g/mol. The van der Waals surface area contributed by atoms with Crippen LogP contribution in [0.25, 0.3) is 0 Å². The van der Waals surface area contributed by atoms with E-state index in [1.807, 2.05) is 11.6 Å². The van der Waals surface area contributed by atoms with Crippen LogP contribution in [0.5, 0.6) is 0 Å². The summed E-state index contributed by atoms with van der Waals surface area (Å²) in [7, 11) is 0. The van der Waals surface area contributed by atoms with Crippen molar-refractivity contribution in [3.05, 3.63) is 52.0 Å². The molecule has 0 aliphatic rings. The zero-order valence-corrected chi connectivity index (χ0v) is 9.92. The molecule has 0 radical (unpaired) electrons. The first-order valence-electron chi connectivity index (χ1n) is 5.27. The molecule has 0 aliphatic heterocycles. The maximum Gasteiger partial charge on any atom is 0.0999 e. The summed E-state index contributed by atoms with van der Waals surface area (Å²) in [4.78, 5) is 4.40. The Hall–Kier alpha value is -1.15. The number of thiazole rings is 1. The minimum atomic E-state index is 0.464. The Kier molecular flexibility index (Phi) is 3.17. The summed E-state index contributed by atoms with van der Waals surface area (Å²) >= 11 is 1.74. The minimum absolute atomic E-state index is 0.464. The van der Waals surface area contributed by atoms with Crippen molar-refractivity contribution in [3.63, 3.8) is 0 Å². The fourth-order valence-corrected chi connectivity index (χ4v) is 2.61. The Morgan fingerprint density at radius 2 is 2.00 bits per heavy atom. The second kappa shape index (κ2) is 4.58. The summed E-state index contributed by atoms with van der Waals surface area (Å²) in [5.41, 5.74) is 2.69. The number of nitrogens with zero attached hydrogens (tertiary/aromatic N) is 1. The van der Waals surface area contributed by atoms with Crippen molar-refractivity contribution in [2.45, 2.75) is 26.2 Å². The van der Waals surface area contributed by atoms with E-state index >= 15 is 0 Å². The normalized spacial score (nSPS) is 12.7. The van der Waals surface area contributed by atoms with Crippen LogP contribution in [-0.4, -0.2) is 4.98 Å². The lowest BCUT2D eigenvalue weighted by Gasteiger charge is -2.12. The molecule has 0 aliphatic carbocycles. The van der Waals surface area contributed by atoms with E-state index in [-0.39, 0.29) is 0 Å². The summed E-state index contributed by atoms with van der Waals surface area (Å²) in [5, 5.41) is 3.27. The molecule has 78 valence electrons. The first-order valence-corrected chi connectivity index (χ1v) is 6.15. The molecule has 1 nitrogen and oxygen atoms in total. The van der Waals surface area contributed by atoms with Crippen molar-refractivity contribution in [1.29, 1.82) is 0 Å². The van der Waals surface area contributed by atoms with Crippen LogP contribution in [0.1, 0.15) is 35.4 Å². The van der Waals surface area contributed by atoms with Gasteiger partial charge in [-0.2, -0.15) is 0 Å². The van der Waals surface area contributed by atoms with Gasteiger partial charge in [-0.3, -0.25) is 0 Å². The average Bonchev–Trinajstić information content (AvgIpc) is 2.75. The van der Waals surface area contributed by atoms with Gasteiger partial charge >= 0.3 is 0 Å². The number of hydrogen-bond acceptors (Lipinski definition) is 2. The highest BCUT2D eigenvalue weighted by atomic mass is 32.1. The lowest BCUT2D eigenvalue weighted by Crippen LogP contribution is -1.98. The van der Waals surface area contributed by atoms with Crippen molar-refractivity contribution in [2.75, 3.05) is 0 Å². The number of benzene rings is 1. The largest absolute Gasteiger partial charge is 0.249 e. The molecule has 0 fully saturated rings. The van der Waals surface area contributed by atoms with Gasteiger partial charge in [-0.05, 0) is 18.9 Å².